The summed E-state index contributed by atoms with van der Waals surface area (Å²) in [6, 6.07) is 7.37. The van der Waals surface area contributed by atoms with Gasteiger partial charge in [0.25, 0.3) is 0 Å². The van der Waals surface area contributed by atoms with Crippen LogP contribution in [0.4, 0.5) is 11.5 Å². The van der Waals surface area contributed by atoms with Gasteiger partial charge in [0.15, 0.2) is 0 Å². The molecule has 6 nitrogen and oxygen atoms in total. The Kier molecular flexibility index (Phi) is 6.89. The molecule has 0 fully saturated rings. The van der Waals surface area contributed by atoms with E-state index in [1.54, 1.807) is 12.3 Å². The first kappa shape index (κ1) is 21.5. The molecule has 0 atom stereocenters. The van der Waals surface area contributed by atoms with E-state index in [-0.39, 0.29) is 24.2 Å². The lowest BCUT2D eigenvalue weighted by molar-refractivity contribution is -0.118. The van der Waals surface area contributed by atoms with E-state index < -0.39 is 5.41 Å². The number of carbonyl (C=O) groups is 2. The minimum absolute atomic E-state index is 0.0173. The topological polar surface area (TPSA) is 84.0 Å². The zero-order valence-corrected chi connectivity index (χ0v) is 17.6. The number of aryl methyl sites for hydroxylation is 2. The summed E-state index contributed by atoms with van der Waals surface area (Å²) in [4.78, 5) is 33.5. The molecule has 0 saturated heterocycles. The molecule has 0 radical (unpaired) electrons. The molecule has 0 saturated carbocycles. The van der Waals surface area contributed by atoms with Gasteiger partial charge in [0.2, 0.25) is 11.8 Å². The second kappa shape index (κ2) is 8.95. The fraction of sp³-hybridized carbons (Fsp3) is 0.455. The second-order valence-corrected chi connectivity index (χ2v) is 8.30. The summed E-state index contributed by atoms with van der Waals surface area (Å²) < 4.78 is 0. The molecule has 28 heavy (non-hydrogen) atoms. The Morgan fingerprint density at radius 2 is 1.82 bits per heavy atom. The van der Waals surface area contributed by atoms with Gasteiger partial charge in [-0.05, 0) is 43.5 Å². The number of hydrogen-bond donors (Lipinski definition) is 2. The number of anilines is 2. The monoisotopic (exact) mass is 382 g/mol. The first-order chi connectivity index (χ1) is 13.1. The van der Waals surface area contributed by atoms with Crippen molar-refractivity contribution in [1.82, 2.24) is 9.97 Å². The van der Waals surface area contributed by atoms with Crippen LogP contribution in [0.2, 0.25) is 0 Å². The summed E-state index contributed by atoms with van der Waals surface area (Å²) >= 11 is 0. The van der Waals surface area contributed by atoms with E-state index in [1.165, 1.54) is 0 Å². The van der Waals surface area contributed by atoms with Gasteiger partial charge < -0.3 is 10.6 Å². The molecule has 6 heteroatoms. The zero-order chi connectivity index (χ0) is 20.9. The average molecular weight is 383 g/mol. The summed E-state index contributed by atoms with van der Waals surface area (Å²) in [5, 5.41) is 5.80. The Balaban J connectivity index is 2.12. The number of nitrogens with one attached hydrogen (secondary N) is 2. The maximum Gasteiger partial charge on any atom is 0.226 e. The quantitative estimate of drug-likeness (QED) is 0.744. The lowest BCUT2D eigenvalue weighted by Crippen LogP contribution is -2.27. The van der Waals surface area contributed by atoms with Crippen LogP contribution in [0.1, 0.15) is 57.5 Å². The molecule has 0 aromatic carbocycles. The van der Waals surface area contributed by atoms with Gasteiger partial charge in [-0.1, -0.05) is 33.8 Å². The summed E-state index contributed by atoms with van der Waals surface area (Å²) in [5.74, 6) is 0.684. The van der Waals surface area contributed by atoms with Crippen molar-refractivity contribution < 1.29 is 9.59 Å². The molecule has 2 amide bonds. The first-order valence-corrected chi connectivity index (χ1v) is 9.57. The number of amides is 2. The highest BCUT2D eigenvalue weighted by atomic mass is 16.2. The summed E-state index contributed by atoms with van der Waals surface area (Å²) in [7, 11) is 0. The van der Waals surface area contributed by atoms with Crippen molar-refractivity contribution in [1.29, 1.82) is 0 Å². The lowest BCUT2D eigenvalue weighted by atomic mass is 9.84. The number of hydrogen-bond acceptors (Lipinski definition) is 4. The molecule has 2 aromatic rings. The van der Waals surface area contributed by atoms with E-state index in [2.05, 4.69) is 20.6 Å². The van der Waals surface area contributed by atoms with Crippen LogP contribution < -0.4 is 10.6 Å². The molecule has 0 unspecified atom stereocenters. The maximum atomic E-state index is 12.5. The first-order valence-electron chi connectivity index (χ1n) is 9.57. The number of rotatable bonds is 7. The van der Waals surface area contributed by atoms with E-state index in [4.69, 9.17) is 0 Å². The Morgan fingerprint density at radius 3 is 2.46 bits per heavy atom. The largest absolute Gasteiger partial charge is 0.326 e. The Bertz CT molecular complexity index is 859. The van der Waals surface area contributed by atoms with Gasteiger partial charge in [0.1, 0.15) is 5.82 Å². The Labute approximate surface area is 167 Å². The van der Waals surface area contributed by atoms with Crippen LogP contribution in [-0.2, 0) is 15.0 Å². The highest BCUT2D eigenvalue weighted by molar-refractivity contribution is 5.92. The zero-order valence-electron chi connectivity index (χ0n) is 17.6. The molecule has 2 N–H and O–H groups in total. The second-order valence-electron chi connectivity index (χ2n) is 8.30. The summed E-state index contributed by atoms with van der Waals surface area (Å²) in [6.07, 6.45) is 2.45. The van der Waals surface area contributed by atoms with Crippen LogP contribution in [0.15, 0.2) is 30.5 Å². The molecular weight excluding hydrogens is 352 g/mol. The Hall–Kier alpha value is -2.76. The van der Waals surface area contributed by atoms with Crippen molar-refractivity contribution in [2.75, 3.05) is 10.6 Å². The van der Waals surface area contributed by atoms with Gasteiger partial charge in [-0.3, -0.25) is 14.6 Å². The molecule has 0 aliphatic heterocycles. The number of nitrogens with zero attached hydrogens (tertiary/aromatic N) is 2. The summed E-state index contributed by atoms with van der Waals surface area (Å²) in [5.41, 5.74) is 2.73. The highest BCUT2D eigenvalue weighted by Crippen LogP contribution is 2.29. The van der Waals surface area contributed by atoms with Crippen LogP contribution in [-0.4, -0.2) is 21.8 Å². The highest BCUT2D eigenvalue weighted by Gasteiger charge is 2.27. The van der Waals surface area contributed by atoms with Crippen molar-refractivity contribution in [3.8, 4) is 0 Å². The average Bonchev–Trinajstić information content (AvgIpc) is 2.55. The molecule has 0 aliphatic carbocycles. The van der Waals surface area contributed by atoms with E-state index in [1.807, 2.05) is 59.7 Å². The third-order valence-corrected chi connectivity index (χ3v) is 4.42. The molecule has 0 bridgehead atoms. The fourth-order valence-electron chi connectivity index (χ4n) is 2.89. The minimum Gasteiger partial charge on any atom is -0.326 e. The van der Waals surface area contributed by atoms with Crippen molar-refractivity contribution in [3.05, 3.63) is 47.4 Å². The van der Waals surface area contributed by atoms with E-state index in [0.29, 0.717) is 12.2 Å². The van der Waals surface area contributed by atoms with Crippen molar-refractivity contribution in [2.24, 2.45) is 5.92 Å². The van der Waals surface area contributed by atoms with Crippen molar-refractivity contribution in [2.45, 2.75) is 59.8 Å². The molecule has 150 valence electrons. The van der Waals surface area contributed by atoms with Crippen LogP contribution >= 0.6 is 0 Å². The predicted octanol–water partition coefficient (Wildman–Crippen LogP) is 4.38. The molecule has 2 heterocycles. The Morgan fingerprint density at radius 1 is 1.11 bits per heavy atom. The van der Waals surface area contributed by atoms with Gasteiger partial charge in [-0.2, -0.15) is 0 Å². The van der Waals surface area contributed by atoms with Gasteiger partial charge >= 0.3 is 0 Å². The van der Waals surface area contributed by atoms with Gasteiger partial charge in [-0.25, -0.2) is 4.98 Å². The third-order valence-electron chi connectivity index (χ3n) is 4.42. The van der Waals surface area contributed by atoms with E-state index >= 15 is 0 Å². The number of pyridine rings is 2. The number of carbonyl (C=O) groups excluding carboxylic acids is 2. The lowest BCUT2D eigenvalue weighted by Gasteiger charge is -2.24. The van der Waals surface area contributed by atoms with Gasteiger partial charge in [-0.15, -0.1) is 0 Å². The SMILES string of the molecule is Cc1cccc(NC(=O)CC(C)(C)c2cc(NC(=O)CC(C)C)c(C)cn2)n1. The molecule has 0 aliphatic rings. The van der Waals surface area contributed by atoms with Crippen molar-refractivity contribution in [3.63, 3.8) is 0 Å². The van der Waals surface area contributed by atoms with Gasteiger partial charge in [0.05, 0.1) is 0 Å². The smallest absolute Gasteiger partial charge is 0.226 e. The van der Waals surface area contributed by atoms with E-state index in [0.717, 1.165) is 22.6 Å². The van der Waals surface area contributed by atoms with Crippen LogP contribution in [0.5, 0.6) is 0 Å². The van der Waals surface area contributed by atoms with Gasteiger partial charge in [0, 0.05) is 41.5 Å². The minimum atomic E-state index is -0.501. The molecule has 0 spiro atoms. The molecular formula is C22H30N4O2. The third kappa shape index (κ3) is 6.15. The molecule has 2 rings (SSSR count). The van der Waals surface area contributed by atoms with E-state index in [9.17, 15) is 9.59 Å². The number of aromatic nitrogens is 2. The standard InChI is InChI=1S/C22H30N4O2/c1-14(2)10-20(27)25-17-11-18(23-13-15(17)3)22(5,6)12-21(28)26-19-9-7-8-16(4)24-19/h7-9,11,13-14H,10,12H2,1-6H3,(H,23,25,27)(H,24,26,28). The van der Waals surface area contributed by atoms with Crippen LogP contribution in [0, 0.1) is 19.8 Å². The predicted molar refractivity (Wildman–Crippen MR) is 112 cm³/mol. The summed E-state index contributed by atoms with van der Waals surface area (Å²) in [6.45, 7) is 11.7. The maximum absolute atomic E-state index is 12.5. The molecule has 2 aromatic heterocycles. The van der Waals surface area contributed by atoms with Crippen LogP contribution in [0.25, 0.3) is 0 Å². The van der Waals surface area contributed by atoms with Crippen LogP contribution in [0.3, 0.4) is 0 Å². The van der Waals surface area contributed by atoms with Crippen molar-refractivity contribution >= 4 is 23.3 Å². The normalized spacial score (nSPS) is 11.4. The fourth-order valence-corrected chi connectivity index (χ4v) is 2.89.